The highest BCUT2D eigenvalue weighted by molar-refractivity contribution is 5.27. The molecule has 0 rings (SSSR count). The van der Waals surface area contributed by atoms with Crippen LogP contribution in [0.2, 0.25) is 0 Å². The highest BCUT2D eigenvalue weighted by Crippen LogP contribution is 2.14. The van der Waals surface area contributed by atoms with Crippen molar-refractivity contribution in [2.24, 2.45) is 0 Å². The SMILES string of the molecule is CC/C(OC(F)F)=C(O)\C=C(/C)C#N. The molecule has 5 heteroatoms. The lowest BCUT2D eigenvalue weighted by atomic mass is 10.2. The quantitative estimate of drug-likeness (QED) is 0.434. The Morgan fingerprint density at radius 3 is 2.57 bits per heavy atom. The molecule has 0 saturated carbocycles. The predicted octanol–water partition coefficient (Wildman–Crippen LogP) is 2.88. The van der Waals surface area contributed by atoms with E-state index in [1.54, 1.807) is 13.0 Å². The second-order valence-electron chi connectivity index (χ2n) is 2.48. The Bertz CT molecular complexity index is 290. The molecule has 14 heavy (non-hydrogen) atoms. The zero-order valence-electron chi connectivity index (χ0n) is 7.92. The molecule has 0 atom stereocenters. The van der Waals surface area contributed by atoms with Crippen molar-refractivity contribution in [3.8, 4) is 6.07 Å². The zero-order valence-corrected chi connectivity index (χ0v) is 7.92. The molecule has 0 aromatic heterocycles. The van der Waals surface area contributed by atoms with Crippen LogP contribution in [0.5, 0.6) is 0 Å². The van der Waals surface area contributed by atoms with Gasteiger partial charge in [-0.05, 0) is 13.0 Å². The summed E-state index contributed by atoms with van der Waals surface area (Å²) in [6.07, 6.45) is 1.21. The van der Waals surface area contributed by atoms with Gasteiger partial charge in [0.25, 0.3) is 0 Å². The first-order chi connectivity index (χ1) is 6.51. The van der Waals surface area contributed by atoms with Gasteiger partial charge >= 0.3 is 6.61 Å². The van der Waals surface area contributed by atoms with E-state index in [1.165, 1.54) is 6.92 Å². The molecule has 0 saturated heterocycles. The van der Waals surface area contributed by atoms with Gasteiger partial charge in [-0.2, -0.15) is 14.0 Å². The minimum atomic E-state index is -2.97. The lowest BCUT2D eigenvalue weighted by Crippen LogP contribution is -2.01. The minimum absolute atomic E-state index is 0.130. The van der Waals surface area contributed by atoms with E-state index in [1.807, 2.05) is 0 Å². The first-order valence-corrected chi connectivity index (χ1v) is 3.96. The van der Waals surface area contributed by atoms with Gasteiger partial charge in [0.1, 0.15) is 5.76 Å². The van der Waals surface area contributed by atoms with Crippen LogP contribution in [-0.2, 0) is 4.74 Å². The maximum atomic E-state index is 11.8. The molecule has 0 fully saturated rings. The molecule has 0 spiro atoms. The summed E-state index contributed by atoms with van der Waals surface area (Å²) in [5.41, 5.74) is 0.214. The van der Waals surface area contributed by atoms with Gasteiger partial charge in [0.05, 0.1) is 6.07 Å². The number of aliphatic hydroxyl groups is 1. The van der Waals surface area contributed by atoms with Gasteiger partial charge in [-0.1, -0.05) is 6.92 Å². The van der Waals surface area contributed by atoms with Crippen LogP contribution in [-0.4, -0.2) is 11.7 Å². The summed E-state index contributed by atoms with van der Waals surface area (Å²) in [6, 6.07) is 1.75. The largest absolute Gasteiger partial charge is 0.504 e. The predicted molar refractivity (Wildman–Crippen MR) is 46.4 cm³/mol. The van der Waals surface area contributed by atoms with Gasteiger partial charge in [0.2, 0.25) is 0 Å². The Morgan fingerprint density at radius 2 is 2.21 bits per heavy atom. The van der Waals surface area contributed by atoms with E-state index >= 15 is 0 Å². The van der Waals surface area contributed by atoms with Crippen LogP contribution in [0.15, 0.2) is 23.2 Å². The molecule has 0 aliphatic rings. The van der Waals surface area contributed by atoms with Crippen LogP contribution in [0.1, 0.15) is 20.3 Å². The van der Waals surface area contributed by atoms with Gasteiger partial charge in [0, 0.05) is 12.0 Å². The Balaban J connectivity index is 4.77. The summed E-state index contributed by atoms with van der Waals surface area (Å²) in [7, 11) is 0. The molecule has 0 aromatic carbocycles. The molecule has 78 valence electrons. The van der Waals surface area contributed by atoms with Crippen molar-refractivity contribution in [1.82, 2.24) is 0 Å². The van der Waals surface area contributed by atoms with Crippen LogP contribution < -0.4 is 0 Å². The molecule has 3 nitrogen and oxygen atoms in total. The van der Waals surface area contributed by atoms with Crippen molar-refractivity contribution in [3.63, 3.8) is 0 Å². The molecule has 1 N–H and O–H groups in total. The van der Waals surface area contributed by atoms with Gasteiger partial charge in [-0.25, -0.2) is 0 Å². The monoisotopic (exact) mass is 203 g/mol. The molecule has 0 radical (unpaired) electrons. The first kappa shape index (κ1) is 12.4. The average Bonchev–Trinajstić information content (AvgIpc) is 2.13. The van der Waals surface area contributed by atoms with Crippen LogP contribution in [0.25, 0.3) is 0 Å². The maximum Gasteiger partial charge on any atom is 0.387 e. The summed E-state index contributed by atoms with van der Waals surface area (Å²) in [6.45, 7) is 0.0397. The van der Waals surface area contributed by atoms with E-state index in [-0.39, 0.29) is 17.8 Å². The van der Waals surface area contributed by atoms with E-state index < -0.39 is 12.4 Å². The third-order valence-electron chi connectivity index (χ3n) is 1.37. The maximum absolute atomic E-state index is 11.8. The Kier molecular flexibility index (Phi) is 5.30. The minimum Gasteiger partial charge on any atom is -0.504 e. The third-order valence-corrected chi connectivity index (χ3v) is 1.37. The Hall–Kier alpha value is -1.57. The normalized spacial score (nSPS) is 13.6. The first-order valence-electron chi connectivity index (χ1n) is 3.96. The van der Waals surface area contributed by atoms with Crippen molar-refractivity contribution in [2.75, 3.05) is 0 Å². The molecule has 0 aliphatic heterocycles. The summed E-state index contributed by atoms with van der Waals surface area (Å²) in [5, 5.41) is 17.6. The highest BCUT2D eigenvalue weighted by Gasteiger charge is 2.09. The number of hydrogen-bond donors (Lipinski definition) is 1. The smallest absolute Gasteiger partial charge is 0.387 e. The summed E-state index contributed by atoms with van der Waals surface area (Å²) < 4.78 is 27.6. The van der Waals surface area contributed by atoms with Crippen molar-refractivity contribution < 1.29 is 18.6 Å². The van der Waals surface area contributed by atoms with Crippen molar-refractivity contribution >= 4 is 0 Å². The number of halogens is 2. The number of ether oxygens (including phenoxy) is 1. The second-order valence-corrected chi connectivity index (χ2v) is 2.48. The molecule has 0 unspecified atom stereocenters. The van der Waals surface area contributed by atoms with Crippen LogP contribution in [0.3, 0.4) is 0 Å². The van der Waals surface area contributed by atoms with E-state index in [0.717, 1.165) is 6.08 Å². The molecular formula is C9H11F2NO2. The van der Waals surface area contributed by atoms with Gasteiger partial charge in [-0.3, -0.25) is 0 Å². The van der Waals surface area contributed by atoms with Crippen LogP contribution in [0.4, 0.5) is 8.78 Å². The highest BCUT2D eigenvalue weighted by atomic mass is 19.3. The lowest BCUT2D eigenvalue weighted by molar-refractivity contribution is -0.101. The number of alkyl halides is 2. The number of nitriles is 1. The van der Waals surface area contributed by atoms with E-state index in [0.29, 0.717) is 0 Å². The molecule has 0 bridgehead atoms. The van der Waals surface area contributed by atoms with Crippen molar-refractivity contribution in [2.45, 2.75) is 26.9 Å². The number of hydrogen-bond acceptors (Lipinski definition) is 3. The molecule has 0 aromatic rings. The van der Waals surface area contributed by atoms with E-state index in [2.05, 4.69) is 4.74 Å². The summed E-state index contributed by atoms with van der Waals surface area (Å²) in [4.78, 5) is 0. The number of nitrogens with zero attached hydrogens (tertiary/aromatic N) is 1. The number of rotatable bonds is 4. The third kappa shape index (κ3) is 4.45. The zero-order chi connectivity index (χ0) is 11.1. The molecule has 0 heterocycles. The molecular weight excluding hydrogens is 192 g/mol. The van der Waals surface area contributed by atoms with Crippen molar-refractivity contribution in [3.05, 3.63) is 23.2 Å². The van der Waals surface area contributed by atoms with Crippen molar-refractivity contribution in [1.29, 1.82) is 5.26 Å². The average molecular weight is 203 g/mol. The van der Waals surface area contributed by atoms with Crippen LogP contribution >= 0.6 is 0 Å². The van der Waals surface area contributed by atoms with E-state index in [4.69, 9.17) is 5.26 Å². The fraction of sp³-hybridized carbons (Fsp3) is 0.444. The Labute approximate surface area is 80.9 Å². The van der Waals surface area contributed by atoms with Gasteiger partial charge in [0.15, 0.2) is 5.76 Å². The summed E-state index contributed by atoms with van der Waals surface area (Å²) >= 11 is 0. The second kappa shape index (κ2) is 5.97. The fourth-order valence-electron chi connectivity index (χ4n) is 0.750. The van der Waals surface area contributed by atoms with Gasteiger partial charge in [-0.15, -0.1) is 0 Å². The number of allylic oxidation sites excluding steroid dienone is 3. The Morgan fingerprint density at radius 1 is 1.64 bits per heavy atom. The lowest BCUT2D eigenvalue weighted by Gasteiger charge is -2.07. The van der Waals surface area contributed by atoms with Crippen LogP contribution in [0, 0.1) is 11.3 Å². The molecule has 0 amide bonds. The van der Waals surface area contributed by atoms with Gasteiger partial charge < -0.3 is 9.84 Å². The number of aliphatic hydroxyl groups excluding tert-OH is 1. The van der Waals surface area contributed by atoms with E-state index in [9.17, 15) is 13.9 Å². The topological polar surface area (TPSA) is 53.2 Å². The molecule has 0 aliphatic carbocycles. The fourth-order valence-corrected chi connectivity index (χ4v) is 0.750. The standard InChI is InChI=1S/C9H11F2NO2/c1-3-8(14-9(10)11)7(13)4-6(2)5-12/h4,9,13H,3H2,1-2H3/b6-4+,8-7-. The summed E-state index contributed by atoms with van der Waals surface area (Å²) in [5.74, 6) is -0.665.